The number of nitrogens with zero attached hydrogens (tertiary/aromatic N) is 4. The van der Waals surface area contributed by atoms with Crippen molar-refractivity contribution < 1.29 is 9.90 Å². The van der Waals surface area contributed by atoms with E-state index in [1.54, 1.807) is 17.9 Å². The highest BCUT2D eigenvalue weighted by Gasteiger charge is 2.15. The average molecular weight is 247 g/mol. The first-order valence-electron chi connectivity index (χ1n) is 5.37. The Bertz CT molecular complexity index is 549. The van der Waals surface area contributed by atoms with Gasteiger partial charge in [0.15, 0.2) is 5.82 Å². The minimum Gasteiger partial charge on any atom is -0.506 e. The zero-order valence-corrected chi connectivity index (χ0v) is 10.0. The maximum Gasteiger partial charge on any atom is 0.270 e. The summed E-state index contributed by atoms with van der Waals surface area (Å²) in [6, 6.07) is 2.59. The van der Waals surface area contributed by atoms with Gasteiger partial charge in [0.2, 0.25) is 0 Å². The fraction of sp³-hybridized carbons (Fsp3) is 0.273. The van der Waals surface area contributed by atoms with Crippen LogP contribution in [0.5, 0.6) is 5.75 Å². The van der Waals surface area contributed by atoms with Crippen LogP contribution >= 0.6 is 0 Å². The molecule has 0 aliphatic carbocycles. The Labute approximate surface area is 104 Å². The predicted octanol–water partition coefficient (Wildman–Crippen LogP) is 0.407. The molecule has 2 aromatic rings. The van der Waals surface area contributed by atoms with Gasteiger partial charge in [-0.25, -0.2) is 4.98 Å². The monoisotopic (exact) mass is 247 g/mol. The summed E-state index contributed by atoms with van der Waals surface area (Å²) in [5.41, 5.74) is 0.238. The van der Waals surface area contributed by atoms with E-state index in [4.69, 9.17) is 5.11 Å². The number of hydrogen-bond acceptors (Lipinski definition) is 5. The molecule has 18 heavy (non-hydrogen) atoms. The Morgan fingerprint density at radius 2 is 2.28 bits per heavy atom. The maximum atomic E-state index is 11.9. The van der Waals surface area contributed by atoms with Gasteiger partial charge in [0.1, 0.15) is 17.8 Å². The van der Waals surface area contributed by atoms with Gasteiger partial charge < -0.3 is 15.0 Å². The SMILES string of the molecule is C[C@@H](NC(=O)c1ccc(O)cn1)c1nncn1C. The Balaban J connectivity index is 2.08. The van der Waals surface area contributed by atoms with Gasteiger partial charge in [0.05, 0.1) is 12.2 Å². The molecular weight excluding hydrogens is 234 g/mol. The topological polar surface area (TPSA) is 92.9 Å². The number of aromatic nitrogens is 4. The van der Waals surface area contributed by atoms with Crippen molar-refractivity contribution >= 4 is 5.91 Å². The van der Waals surface area contributed by atoms with Crippen molar-refractivity contribution in [3.63, 3.8) is 0 Å². The second-order valence-electron chi connectivity index (χ2n) is 3.90. The largest absolute Gasteiger partial charge is 0.506 e. The molecule has 2 N–H and O–H groups in total. The molecule has 0 aromatic carbocycles. The maximum absolute atomic E-state index is 11.9. The third-order valence-corrected chi connectivity index (χ3v) is 2.46. The normalized spacial score (nSPS) is 12.1. The summed E-state index contributed by atoms with van der Waals surface area (Å²) in [5, 5.41) is 19.5. The van der Waals surface area contributed by atoms with Crippen LogP contribution in [0.4, 0.5) is 0 Å². The van der Waals surface area contributed by atoms with E-state index in [9.17, 15) is 4.79 Å². The van der Waals surface area contributed by atoms with Crippen molar-refractivity contribution in [3.8, 4) is 5.75 Å². The van der Waals surface area contributed by atoms with E-state index in [1.165, 1.54) is 18.3 Å². The average Bonchev–Trinajstić information content (AvgIpc) is 2.76. The second-order valence-corrected chi connectivity index (χ2v) is 3.90. The smallest absolute Gasteiger partial charge is 0.270 e. The molecule has 0 saturated heterocycles. The van der Waals surface area contributed by atoms with Gasteiger partial charge in [-0.2, -0.15) is 0 Å². The Morgan fingerprint density at radius 3 is 2.83 bits per heavy atom. The van der Waals surface area contributed by atoms with Crippen LogP contribution in [0.25, 0.3) is 0 Å². The summed E-state index contributed by atoms with van der Waals surface area (Å²) in [7, 11) is 1.80. The molecule has 0 radical (unpaired) electrons. The van der Waals surface area contributed by atoms with Crippen LogP contribution in [-0.2, 0) is 7.05 Å². The van der Waals surface area contributed by atoms with Crippen molar-refractivity contribution in [2.45, 2.75) is 13.0 Å². The zero-order chi connectivity index (χ0) is 13.1. The third-order valence-electron chi connectivity index (χ3n) is 2.46. The summed E-state index contributed by atoms with van der Waals surface area (Å²) in [6.45, 7) is 1.81. The van der Waals surface area contributed by atoms with Gasteiger partial charge in [0, 0.05) is 7.05 Å². The lowest BCUT2D eigenvalue weighted by Crippen LogP contribution is -2.29. The first-order chi connectivity index (χ1) is 8.58. The molecular formula is C11H13N5O2. The van der Waals surface area contributed by atoms with Gasteiger partial charge in [-0.15, -0.1) is 10.2 Å². The summed E-state index contributed by atoms with van der Waals surface area (Å²) >= 11 is 0. The lowest BCUT2D eigenvalue weighted by atomic mass is 10.2. The van der Waals surface area contributed by atoms with Gasteiger partial charge in [-0.3, -0.25) is 4.79 Å². The molecule has 0 aliphatic heterocycles. The number of rotatable bonds is 3. The Kier molecular flexibility index (Phi) is 3.22. The molecule has 0 fully saturated rings. The molecule has 7 nitrogen and oxygen atoms in total. The number of amides is 1. The Hall–Kier alpha value is -2.44. The third kappa shape index (κ3) is 2.45. The van der Waals surface area contributed by atoms with Crippen LogP contribution in [0.3, 0.4) is 0 Å². The molecule has 94 valence electrons. The number of nitrogens with one attached hydrogen (secondary N) is 1. The molecule has 2 aromatic heterocycles. The number of carbonyl (C=O) groups excluding carboxylic acids is 1. The Morgan fingerprint density at radius 1 is 1.50 bits per heavy atom. The van der Waals surface area contributed by atoms with Crippen molar-refractivity contribution in [3.05, 3.63) is 36.2 Å². The standard InChI is InChI=1S/C11H13N5O2/c1-7(10-15-13-6-16(10)2)14-11(18)9-4-3-8(17)5-12-9/h3-7,17H,1-2H3,(H,14,18)/t7-/m1/s1. The van der Waals surface area contributed by atoms with E-state index in [2.05, 4.69) is 20.5 Å². The lowest BCUT2D eigenvalue weighted by molar-refractivity contribution is 0.0932. The van der Waals surface area contributed by atoms with Gasteiger partial charge in [-0.1, -0.05) is 0 Å². The number of pyridine rings is 1. The van der Waals surface area contributed by atoms with Crippen LogP contribution in [0.15, 0.2) is 24.7 Å². The highest BCUT2D eigenvalue weighted by atomic mass is 16.3. The van der Waals surface area contributed by atoms with Crippen LogP contribution in [0.2, 0.25) is 0 Å². The summed E-state index contributed by atoms with van der Waals surface area (Å²) in [5.74, 6) is 0.348. The van der Waals surface area contributed by atoms with Crippen molar-refractivity contribution in [2.75, 3.05) is 0 Å². The molecule has 1 atom stereocenters. The molecule has 2 rings (SSSR count). The zero-order valence-electron chi connectivity index (χ0n) is 10.0. The van der Waals surface area contributed by atoms with Gasteiger partial charge >= 0.3 is 0 Å². The van der Waals surface area contributed by atoms with Crippen molar-refractivity contribution in [1.82, 2.24) is 25.1 Å². The van der Waals surface area contributed by atoms with E-state index >= 15 is 0 Å². The highest BCUT2D eigenvalue weighted by Crippen LogP contribution is 2.10. The summed E-state index contributed by atoms with van der Waals surface area (Å²) < 4.78 is 1.73. The van der Waals surface area contributed by atoms with E-state index < -0.39 is 0 Å². The summed E-state index contributed by atoms with van der Waals surface area (Å²) in [6.07, 6.45) is 2.79. The minimum absolute atomic E-state index is 0.0212. The molecule has 1 amide bonds. The van der Waals surface area contributed by atoms with Gasteiger partial charge in [-0.05, 0) is 19.1 Å². The minimum atomic E-state index is -0.328. The predicted molar refractivity (Wildman–Crippen MR) is 62.8 cm³/mol. The van der Waals surface area contributed by atoms with E-state index in [1.807, 2.05) is 6.92 Å². The quantitative estimate of drug-likeness (QED) is 0.819. The number of aryl methyl sites for hydroxylation is 1. The summed E-state index contributed by atoms with van der Waals surface area (Å²) in [4.78, 5) is 15.7. The molecule has 0 spiro atoms. The van der Waals surface area contributed by atoms with Crippen LogP contribution in [0.1, 0.15) is 29.3 Å². The van der Waals surface area contributed by atoms with E-state index in [-0.39, 0.29) is 23.4 Å². The first-order valence-corrected chi connectivity index (χ1v) is 5.37. The number of aromatic hydroxyl groups is 1. The van der Waals surface area contributed by atoms with Crippen LogP contribution in [-0.4, -0.2) is 30.8 Å². The van der Waals surface area contributed by atoms with Gasteiger partial charge in [0.25, 0.3) is 5.91 Å². The van der Waals surface area contributed by atoms with Crippen LogP contribution < -0.4 is 5.32 Å². The fourth-order valence-electron chi connectivity index (χ4n) is 1.54. The lowest BCUT2D eigenvalue weighted by Gasteiger charge is -2.12. The highest BCUT2D eigenvalue weighted by molar-refractivity contribution is 5.92. The molecule has 0 bridgehead atoms. The second kappa shape index (κ2) is 4.82. The number of carbonyl (C=O) groups is 1. The fourth-order valence-corrected chi connectivity index (χ4v) is 1.54. The van der Waals surface area contributed by atoms with Crippen molar-refractivity contribution in [2.24, 2.45) is 7.05 Å². The molecule has 7 heteroatoms. The first kappa shape index (κ1) is 12.0. The van der Waals surface area contributed by atoms with E-state index in [0.29, 0.717) is 5.82 Å². The molecule has 0 unspecified atom stereocenters. The number of hydrogen-bond donors (Lipinski definition) is 2. The van der Waals surface area contributed by atoms with E-state index in [0.717, 1.165) is 0 Å². The van der Waals surface area contributed by atoms with Crippen molar-refractivity contribution in [1.29, 1.82) is 0 Å². The molecule has 0 aliphatic rings. The van der Waals surface area contributed by atoms with Crippen LogP contribution in [0, 0.1) is 0 Å². The molecule has 0 saturated carbocycles. The molecule has 2 heterocycles.